The van der Waals surface area contributed by atoms with E-state index in [2.05, 4.69) is 22.4 Å². The van der Waals surface area contributed by atoms with Gasteiger partial charge in [-0.1, -0.05) is 25.1 Å². The molecule has 1 heterocycles. The summed E-state index contributed by atoms with van der Waals surface area (Å²) < 4.78 is 5.68. The lowest BCUT2D eigenvalue weighted by Gasteiger charge is -1.99. The van der Waals surface area contributed by atoms with Gasteiger partial charge in [0.2, 0.25) is 11.8 Å². The summed E-state index contributed by atoms with van der Waals surface area (Å²) in [4.78, 5) is 0. The summed E-state index contributed by atoms with van der Waals surface area (Å²) in [5.74, 6) is 1.33. The molecule has 4 heteroatoms. The van der Waals surface area contributed by atoms with Crippen LogP contribution in [0.3, 0.4) is 0 Å². The third-order valence-corrected chi connectivity index (χ3v) is 2.84. The molecule has 1 N–H and O–H groups in total. The maximum Gasteiger partial charge on any atom is 0.247 e. The van der Waals surface area contributed by atoms with E-state index < -0.39 is 0 Å². The van der Waals surface area contributed by atoms with Gasteiger partial charge in [0.25, 0.3) is 0 Å². The van der Waals surface area contributed by atoms with Crippen LogP contribution in [0.1, 0.15) is 24.8 Å². The molecule has 2 rings (SSSR count). The first-order valence-electron chi connectivity index (χ1n) is 6.40. The minimum absolute atomic E-state index is 0.617. The zero-order chi connectivity index (χ0) is 12.8. The molecule has 0 aliphatic rings. The fourth-order valence-electron chi connectivity index (χ4n) is 1.82. The maximum absolute atomic E-state index is 5.68. The van der Waals surface area contributed by atoms with E-state index in [4.69, 9.17) is 4.42 Å². The molecule has 4 nitrogen and oxygen atoms in total. The van der Waals surface area contributed by atoms with Crippen molar-refractivity contribution in [3.63, 3.8) is 0 Å². The van der Waals surface area contributed by atoms with Gasteiger partial charge in [0.05, 0.1) is 0 Å². The van der Waals surface area contributed by atoms with Gasteiger partial charge in [-0.15, -0.1) is 10.2 Å². The lowest BCUT2D eigenvalue weighted by Crippen LogP contribution is -2.14. The Balaban J connectivity index is 2.00. The second-order valence-corrected chi connectivity index (χ2v) is 4.27. The third kappa shape index (κ3) is 3.17. The van der Waals surface area contributed by atoms with Gasteiger partial charge in [-0.3, -0.25) is 0 Å². The van der Waals surface area contributed by atoms with Crippen molar-refractivity contribution in [2.24, 2.45) is 0 Å². The van der Waals surface area contributed by atoms with E-state index in [0.29, 0.717) is 11.8 Å². The van der Waals surface area contributed by atoms with Crippen LogP contribution in [0.2, 0.25) is 0 Å². The van der Waals surface area contributed by atoms with E-state index in [1.165, 1.54) is 0 Å². The van der Waals surface area contributed by atoms with Crippen molar-refractivity contribution in [2.45, 2.75) is 26.7 Å². The maximum atomic E-state index is 5.68. The third-order valence-electron chi connectivity index (χ3n) is 2.84. The Morgan fingerprint density at radius 1 is 1.22 bits per heavy atom. The van der Waals surface area contributed by atoms with Crippen molar-refractivity contribution >= 4 is 0 Å². The van der Waals surface area contributed by atoms with Crippen molar-refractivity contribution in [2.75, 3.05) is 13.1 Å². The first kappa shape index (κ1) is 12.8. The molecule has 96 valence electrons. The average Bonchev–Trinajstić information content (AvgIpc) is 2.84. The van der Waals surface area contributed by atoms with Gasteiger partial charge in [-0.25, -0.2) is 0 Å². The Morgan fingerprint density at radius 3 is 2.83 bits per heavy atom. The van der Waals surface area contributed by atoms with E-state index >= 15 is 0 Å². The Labute approximate surface area is 107 Å². The second-order valence-electron chi connectivity index (χ2n) is 4.27. The Hall–Kier alpha value is -1.68. The Morgan fingerprint density at radius 2 is 2.06 bits per heavy atom. The lowest BCUT2D eigenvalue weighted by atomic mass is 10.1. The highest BCUT2D eigenvalue weighted by molar-refractivity contribution is 5.57. The number of hydrogen-bond donors (Lipinski definition) is 1. The van der Waals surface area contributed by atoms with Crippen LogP contribution in [0.4, 0.5) is 0 Å². The summed E-state index contributed by atoms with van der Waals surface area (Å²) in [5.41, 5.74) is 2.17. The van der Waals surface area contributed by atoms with Gasteiger partial charge < -0.3 is 9.73 Å². The van der Waals surface area contributed by atoms with Crippen LogP contribution >= 0.6 is 0 Å². The van der Waals surface area contributed by atoms with Gasteiger partial charge in [-0.05, 0) is 38.1 Å². The zero-order valence-electron chi connectivity index (χ0n) is 10.9. The van der Waals surface area contributed by atoms with Crippen molar-refractivity contribution in [3.8, 4) is 11.5 Å². The molecule has 2 aromatic rings. The quantitative estimate of drug-likeness (QED) is 0.795. The number of rotatable bonds is 6. The minimum Gasteiger partial charge on any atom is -0.421 e. The van der Waals surface area contributed by atoms with Gasteiger partial charge in [-0.2, -0.15) is 0 Å². The number of benzene rings is 1. The van der Waals surface area contributed by atoms with Crippen LogP contribution in [-0.2, 0) is 6.42 Å². The summed E-state index contributed by atoms with van der Waals surface area (Å²) in [5, 5.41) is 11.5. The molecule has 0 bridgehead atoms. The van der Waals surface area contributed by atoms with E-state index in [0.717, 1.165) is 37.1 Å². The van der Waals surface area contributed by atoms with Crippen molar-refractivity contribution < 1.29 is 4.42 Å². The normalized spacial score (nSPS) is 10.8. The first-order chi connectivity index (χ1) is 8.81. The molecule has 0 aliphatic carbocycles. The number of aryl methyl sites for hydroxylation is 2. The van der Waals surface area contributed by atoms with Crippen LogP contribution in [0.25, 0.3) is 11.5 Å². The summed E-state index contributed by atoms with van der Waals surface area (Å²) in [7, 11) is 0. The fraction of sp³-hybridized carbons (Fsp3) is 0.429. The molecule has 0 unspecified atom stereocenters. The van der Waals surface area contributed by atoms with Crippen molar-refractivity contribution in [1.29, 1.82) is 0 Å². The summed E-state index contributed by atoms with van der Waals surface area (Å²) in [6.45, 7) is 6.13. The van der Waals surface area contributed by atoms with Crippen LogP contribution < -0.4 is 5.32 Å². The average molecular weight is 245 g/mol. The molecule has 0 saturated heterocycles. The summed E-state index contributed by atoms with van der Waals surface area (Å²) in [6.07, 6.45) is 1.84. The fourth-order valence-corrected chi connectivity index (χ4v) is 1.82. The van der Waals surface area contributed by atoms with E-state index in [9.17, 15) is 0 Å². The van der Waals surface area contributed by atoms with E-state index in [-0.39, 0.29) is 0 Å². The highest BCUT2D eigenvalue weighted by Gasteiger charge is 2.09. The molecule has 18 heavy (non-hydrogen) atoms. The zero-order valence-corrected chi connectivity index (χ0v) is 10.9. The topological polar surface area (TPSA) is 51.0 Å². The molecule has 0 saturated carbocycles. The van der Waals surface area contributed by atoms with Gasteiger partial charge >= 0.3 is 0 Å². The SMILES string of the molecule is CCNCCCc1nnc(-c2ccccc2C)o1. The first-order valence-corrected chi connectivity index (χ1v) is 6.40. The molecular weight excluding hydrogens is 226 g/mol. The second kappa shape index (κ2) is 6.31. The number of nitrogens with zero attached hydrogens (tertiary/aromatic N) is 2. The standard InChI is InChI=1S/C14H19N3O/c1-3-15-10-6-9-13-16-17-14(18-13)12-8-5-4-7-11(12)2/h4-5,7-8,15H,3,6,9-10H2,1-2H3. The van der Waals surface area contributed by atoms with Gasteiger partial charge in [0.15, 0.2) is 0 Å². The molecular formula is C14H19N3O. The Bertz CT molecular complexity index is 493. The van der Waals surface area contributed by atoms with Crippen molar-refractivity contribution in [3.05, 3.63) is 35.7 Å². The van der Waals surface area contributed by atoms with E-state index in [1.807, 2.05) is 31.2 Å². The van der Waals surface area contributed by atoms with Gasteiger partial charge in [0, 0.05) is 12.0 Å². The smallest absolute Gasteiger partial charge is 0.247 e. The molecule has 0 fully saturated rings. The van der Waals surface area contributed by atoms with E-state index in [1.54, 1.807) is 0 Å². The lowest BCUT2D eigenvalue weighted by molar-refractivity contribution is 0.492. The van der Waals surface area contributed by atoms with Crippen LogP contribution in [0.5, 0.6) is 0 Å². The van der Waals surface area contributed by atoms with Crippen LogP contribution in [0, 0.1) is 6.92 Å². The molecule has 0 spiro atoms. The molecule has 1 aromatic carbocycles. The summed E-state index contributed by atoms with van der Waals surface area (Å²) in [6, 6.07) is 8.04. The molecule has 0 amide bonds. The minimum atomic E-state index is 0.617. The Kier molecular flexibility index (Phi) is 4.47. The predicted molar refractivity (Wildman–Crippen MR) is 71.3 cm³/mol. The van der Waals surface area contributed by atoms with Crippen LogP contribution in [-0.4, -0.2) is 23.3 Å². The summed E-state index contributed by atoms with van der Waals surface area (Å²) >= 11 is 0. The van der Waals surface area contributed by atoms with Crippen molar-refractivity contribution in [1.82, 2.24) is 15.5 Å². The molecule has 0 atom stereocenters. The number of aromatic nitrogens is 2. The number of nitrogens with one attached hydrogen (secondary N) is 1. The largest absolute Gasteiger partial charge is 0.421 e. The highest BCUT2D eigenvalue weighted by atomic mass is 16.4. The molecule has 0 radical (unpaired) electrons. The highest BCUT2D eigenvalue weighted by Crippen LogP contribution is 2.21. The number of hydrogen-bond acceptors (Lipinski definition) is 4. The molecule has 1 aromatic heterocycles. The molecule has 0 aliphatic heterocycles. The van der Waals surface area contributed by atoms with Crippen LogP contribution in [0.15, 0.2) is 28.7 Å². The van der Waals surface area contributed by atoms with Gasteiger partial charge in [0.1, 0.15) is 0 Å². The predicted octanol–water partition coefficient (Wildman–Crippen LogP) is 2.59. The monoisotopic (exact) mass is 245 g/mol.